The Bertz CT molecular complexity index is 418. The smallest absolute Gasteiger partial charge is 0.230 e. The van der Waals surface area contributed by atoms with E-state index in [0.29, 0.717) is 6.54 Å². The molecule has 1 aromatic rings. The summed E-state index contributed by atoms with van der Waals surface area (Å²) in [7, 11) is 1.87. The van der Waals surface area contributed by atoms with Crippen molar-refractivity contribution in [1.82, 2.24) is 4.90 Å². The van der Waals surface area contributed by atoms with E-state index in [2.05, 4.69) is 0 Å². The van der Waals surface area contributed by atoms with E-state index in [9.17, 15) is 4.79 Å². The van der Waals surface area contributed by atoms with E-state index < -0.39 is 0 Å². The van der Waals surface area contributed by atoms with Crippen LogP contribution < -0.4 is 5.73 Å². The molecule has 0 aliphatic heterocycles. The van der Waals surface area contributed by atoms with Gasteiger partial charge in [0.25, 0.3) is 0 Å². The number of nitrogens with zero attached hydrogens (tertiary/aromatic N) is 1. The number of nitrogens with two attached hydrogens (primary N) is 1. The molecule has 0 saturated heterocycles. The lowest BCUT2D eigenvalue weighted by Gasteiger charge is -2.32. The molecule has 0 heterocycles. The number of hydrogen-bond donors (Lipinski definition) is 1. The molecule has 2 rings (SSSR count). The molecule has 0 bridgehead atoms. The van der Waals surface area contributed by atoms with Crippen LogP contribution in [0, 0.1) is 5.41 Å². The van der Waals surface area contributed by atoms with Gasteiger partial charge in [-0.25, -0.2) is 0 Å². The molecular weight excluding hydrogens is 224 g/mol. The molecule has 1 aliphatic rings. The Hall–Kier alpha value is -1.35. The van der Waals surface area contributed by atoms with Crippen molar-refractivity contribution in [2.24, 2.45) is 11.1 Å². The molecule has 2 N–H and O–H groups in total. The lowest BCUT2D eigenvalue weighted by Crippen LogP contribution is -2.47. The quantitative estimate of drug-likeness (QED) is 0.888. The molecule has 0 spiro atoms. The third-order valence-corrected chi connectivity index (χ3v) is 4.13. The van der Waals surface area contributed by atoms with Gasteiger partial charge >= 0.3 is 0 Å². The highest BCUT2D eigenvalue weighted by Gasteiger charge is 2.44. The minimum absolute atomic E-state index is 0.00298. The van der Waals surface area contributed by atoms with E-state index in [1.807, 2.05) is 44.3 Å². The summed E-state index contributed by atoms with van der Waals surface area (Å²) in [6, 6.07) is 10.1. The Labute approximate surface area is 109 Å². The fourth-order valence-electron chi connectivity index (χ4n) is 2.82. The normalized spacial score (nSPS) is 27.2. The van der Waals surface area contributed by atoms with Gasteiger partial charge in [-0.3, -0.25) is 4.79 Å². The zero-order chi connectivity index (χ0) is 13.2. The summed E-state index contributed by atoms with van der Waals surface area (Å²) in [4.78, 5) is 14.3. The van der Waals surface area contributed by atoms with Crippen molar-refractivity contribution in [3.8, 4) is 0 Å². The highest BCUT2D eigenvalue weighted by atomic mass is 16.2. The summed E-state index contributed by atoms with van der Waals surface area (Å²) in [5.41, 5.74) is 6.88. The SMILES string of the molecule is CN(Cc1ccccc1)C(=O)C1(C)CCCC1N. The third kappa shape index (κ3) is 2.41. The van der Waals surface area contributed by atoms with Crippen molar-refractivity contribution in [2.75, 3.05) is 7.05 Å². The Morgan fingerprint density at radius 2 is 2.11 bits per heavy atom. The summed E-state index contributed by atoms with van der Waals surface area (Å²) < 4.78 is 0. The van der Waals surface area contributed by atoms with Gasteiger partial charge < -0.3 is 10.6 Å². The van der Waals surface area contributed by atoms with Gasteiger partial charge in [-0.1, -0.05) is 36.8 Å². The molecule has 18 heavy (non-hydrogen) atoms. The number of benzene rings is 1. The van der Waals surface area contributed by atoms with Gasteiger partial charge in [0.15, 0.2) is 0 Å². The minimum atomic E-state index is -0.371. The molecule has 1 saturated carbocycles. The maximum Gasteiger partial charge on any atom is 0.230 e. The standard InChI is InChI=1S/C15H22N2O/c1-15(10-6-9-13(15)16)14(18)17(2)11-12-7-4-3-5-8-12/h3-5,7-8,13H,6,9-11,16H2,1-2H3. The minimum Gasteiger partial charge on any atom is -0.341 e. The second-order valence-corrected chi connectivity index (χ2v) is 5.56. The van der Waals surface area contributed by atoms with Crippen molar-refractivity contribution in [3.63, 3.8) is 0 Å². The largest absolute Gasteiger partial charge is 0.341 e. The highest BCUT2D eigenvalue weighted by Crippen LogP contribution is 2.38. The Kier molecular flexibility index (Phi) is 3.71. The van der Waals surface area contributed by atoms with Crippen LogP contribution in [-0.4, -0.2) is 23.9 Å². The number of rotatable bonds is 3. The van der Waals surface area contributed by atoms with Crippen LogP contribution in [0.4, 0.5) is 0 Å². The predicted octanol–water partition coefficient (Wildman–Crippen LogP) is 2.16. The first-order valence-corrected chi connectivity index (χ1v) is 6.59. The second-order valence-electron chi connectivity index (χ2n) is 5.56. The van der Waals surface area contributed by atoms with Crippen LogP contribution in [0.15, 0.2) is 30.3 Å². The summed E-state index contributed by atoms with van der Waals surface area (Å²) in [5, 5.41) is 0. The number of carbonyl (C=O) groups excluding carboxylic acids is 1. The van der Waals surface area contributed by atoms with E-state index >= 15 is 0 Å². The Morgan fingerprint density at radius 3 is 2.67 bits per heavy atom. The van der Waals surface area contributed by atoms with E-state index in [4.69, 9.17) is 5.73 Å². The summed E-state index contributed by atoms with van der Waals surface area (Å²) >= 11 is 0. The molecule has 3 nitrogen and oxygen atoms in total. The molecular formula is C15H22N2O. The fraction of sp³-hybridized carbons (Fsp3) is 0.533. The van der Waals surface area contributed by atoms with E-state index in [-0.39, 0.29) is 17.4 Å². The first-order valence-electron chi connectivity index (χ1n) is 6.59. The zero-order valence-electron chi connectivity index (χ0n) is 11.2. The Balaban J connectivity index is 2.05. The first kappa shape index (κ1) is 13.1. The van der Waals surface area contributed by atoms with Gasteiger partial charge in [0.05, 0.1) is 5.41 Å². The summed E-state index contributed by atoms with van der Waals surface area (Å²) in [6.07, 6.45) is 2.93. The maximum atomic E-state index is 12.5. The van der Waals surface area contributed by atoms with Crippen LogP contribution in [0.25, 0.3) is 0 Å². The second kappa shape index (κ2) is 5.11. The van der Waals surface area contributed by atoms with Gasteiger partial charge in [0, 0.05) is 19.6 Å². The van der Waals surface area contributed by atoms with E-state index in [1.54, 1.807) is 4.90 Å². The lowest BCUT2D eigenvalue weighted by molar-refractivity contribution is -0.140. The van der Waals surface area contributed by atoms with Crippen molar-refractivity contribution in [1.29, 1.82) is 0 Å². The summed E-state index contributed by atoms with van der Waals surface area (Å²) in [6.45, 7) is 2.66. The molecule has 2 atom stereocenters. The lowest BCUT2D eigenvalue weighted by atomic mass is 9.83. The molecule has 3 heteroatoms. The van der Waals surface area contributed by atoms with Gasteiger partial charge in [0.1, 0.15) is 0 Å². The molecule has 0 radical (unpaired) electrons. The van der Waals surface area contributed by atoms with Gasteiger partial charge in [0.2, 0.25) is 5.91 Å². The van der Waals surface area contributed by atoms with Gasteiger partial charge in [-0.05, 0) is 25.3 Å². The van der Waals surface area contributed by atoms with Gasteiger partial charge in [-0.15, -0.1) is 0 Å². The van der Waals surface area contributed by atoms with Crippen LogP contribution in [0.1, 0.15) is 31.7 Å². The van der Waals surface area contributed by atoms with Crippen molar-refractivity contribution >= 4 is 5.91 Å². The van der Waals surface area contributed by atoms with Crippen molar-refractivity contribution < 1.29 is 4.79 Å². The topological polar surface area (TPSA) is 46.3 Å². The van der Waals surface area contributed by atoms with E-state index in [0.717, 1.165) is 24.8 Å². The molecule has 98 valence electrons. The zero-order valence-corrected chi connectivity index (χ0v) is 11.2. The number of amides is 1. The summed E-state index contributed by atoms with van der Waals surface area (Å²) in [5.74, 6) is 0.177. The van der Waals surface area contributed by atoms with E-state index in [1.165, 1.54) is 0 Å². The number of carbonyl (C=O) groups is 1. The molecule has 2 unspecified atom stereocenters. The van der Waals surface area contributed by atoms with Crippen LogP contribution in [0.2, 0.25) is 0 Å². The molecule has 1 aromatic carbocycles. The van der Waals surface area contributed by atoms with Crippen LogP contribution in [0.3, 0.4) is 0 Å². The molecule has 1 aliphatic carbocycles. The Morgan fingerprint density at radius 1 is 1.44 bits per heavy atom. The predicted molar refractivity (Wildman–Crippen MR) is 72.8 cm³/mol. The van der Waals surface area contributed by atoms with Crippen LogP contribution in [-0.2, 0) is 11.3 Å². The first-order chi connectivity index (χ1) is 8.54. The van der Waals surface area contributed by atoms with Crippen molar-refractivity contribution in [3.05, 3.63) is 35.9 Å². The molecule has 1 fully saturated rings. The average molecular weight is 246 g/mol. The monoisotopic (exact) mass is 246 g/mol. The third-order valence-electron chi connectivity index (χ3n) is 4.13. The van der Waals surface area contributed by atoms with Crippen LogP contribution >= 0.6 is 0 Å². The number of hydrogen-bond acceptors (Lipinski definition) is 2. The van der Waals surface area contributed by atoms with Gasteiger partial charge in [-0.2, -0.15) is 0 Å². The fourth-order valence-corrected chi connectivity index (χ4v) is 2.82. The molecule has 1 amide bonds. The van der Waals surface area contributed by atoms with Crippen molar-refractivity contribution in [2.45, 2.75) is 38.8 Å². The average Bonchev–Trinajstić information content (AvgIpc) is 2.71. The van der Waals surface area contributed by atoms with Crippen LogP contribution in [0.5, 0.6) is 0 Å². The highest BCUT2D eigenvalue weighted by molar-refractivity contribution is 5.83. The molecule has 0 aromatic heterocycles. The maximum absolute atomic E-state index is 12.5.